The lowest BCUT2D eigenvalue weighted by molar-refractivity contribution is -0.122. The molecule has 26 heavy (non-hydrogen) atoms. The monoisotopic (exact) mass is 370 g/mol. The average Bonchev–Trinajstić information content (AvgIpc) is 3.04. The van der Waals surface area contributed by atoms with Gasteiger partial charge in [-0.2, -0.15) is 0 Å². The molecule has 136 valence electrons. The molecule has 2 aromatic carbocycles. The summed E-state index contributed by atoms with van der Waals surface area (Å²) in [7, 11) is 0. The number of hydrogen-bond donors (Lipinski definition) is 1. The Morgan fingerprint density at radius 3 is 2.31 bits per heavy atom. The lowest BCUT2D eigenvalue weighted by atomic mass is 10.0. The van der Waals surface area contributed by atoms with Gasteiger partial charge in [0.05, 0.1) is 5.92 Å². The van der Waals surface area contributed by atoms with Crippen LogP contribution in [0.2, 0.25) is 5.02 Å². The maximum atomic E-state index is 12.8. The molecule has 2 amide bonds. The van der Waals surface area contributed by atoms with Crippen LogP contribution >= 0.6 is 11.6 Å². The number of hydrogen-bond acceptors (Lipinski definition) is 2. The smallest absolute Gasteiger partial charge is 0.229 e. The third-order valence-corrected chi connectivity index (χ3v) is 5.13. The molecule has 0 radical (unpaired) electrons. The van der Waals surface area contributed by atoms with Crippen LogP contribution in [0, 0.1) is 5.92 Å². The zero-order valence-electron chi connectivity index (χ0n) is 15.1. The zero-order chi connectivity index (χ0) is 18.7. The van der Waals surface area contributed by atoms with E-state index in [0.717, 1.165) is 35.3 Å². The summed E-state index contributed by atoms with van der Waals surface area (Å²) < 4.78 is 0. The number of aryl methyl sites for hydroxylation is 2. The Bertz CT molecular complexity index is 795. The van der Waals surface area contributed by atoms with Gasteiger partial charge in [-0.3, -0.25) is 9.59 Å². The highest BCUT2D eigenvalue weighted by Gasteiger charge is 2.35. The van der Waals surface area contributed by atoms with E-state index >= 15 is 0 Å². The SMILES string of the molecule is CCc1cccc(CC)c1NC(=O)[C@H]1CC(=O)N(c2ccc(Cl)cc2)C1. The Morgan fingerprint density at radius 2 is 1.73 bits per heavy atom. The fourth-order valence-corrected chi connectivity index (χ4v) is 3.51. The average molecular weight is 371 g/mol. The number of carbonyl (C=O) groups excluding carboxylic acids is 2. The van der Waals surface area contributed by atoms with E-state index in [0.29, 0.717) is 11.6 Å². The first kappa shape index (κ1) is 18.5. The number of rotatable bonds is 5. The summed E-state index contributed by atoms with van der Waals surface area (Å²) in [6.45, 7) is 4.54. The number of nitrogens with zero attached hydrogens (tertiary/aromatic N) is 1. The molecule has 3 rings (SSSR count). The van der Waals surface area contributed by atoms with Crippen molar-refractivity contribution in [3.05, 3.63) is 58.6 Å². The summed E-state index contributed by atoms with van der Waals surface area (Å²) >= 11 is 5.91. The fraction of sp³-hybridized carbons (Fsp3) is 0.333. The Labute approximate surface area is 159 Å². The van der Waals surface area contributed by atoms with Gasteiger partial charge in [0.1, 0.15) is 0 Å². The van der Waals surface area contributed by atoms with Crippen LogP contribution in [0.15, 0.2) is 42.5 Å². The van der Waals surface area contributed by atoms with Gasteiger partial charge in [0.25, 0.3) is 0 Å². The summed E-state index contributed by atoms with van der Waals surface area (Å²) in [6.07, 6.45) is 1.93. The maximum Gasteiger partial charge on any atom is 0.229 e. The molecule has 1 aliphatic heterocycles. The minimum Gasteiger partial charge on any atom is -0.325 e. The highest BCUT2D eigenvalue weighted by atomic mass is 35.5. The van der Waals surface area contributed by atoms with Gasteiger partial charge in [-0.05, 0) is 48.2 Å². The van der Waals surface area contributed by atoms with Crippen molar-refractivity contribution < 1.29 is 9.59 Å². The Hall–Kier alpha value is -2.33. The van der Waals surface area contributed by atoms with E-state index in [1.54, 1.807) is 17.0 Å². The first-order valence-electron chi connectivity index (χ1n) is 9.01. The van der Waals surface area contributed by atoms with Crippen LogP contribution in [0.3, 0.4) is 0 Å². The molecule has 0 aliphatic carbocycles. The Balaban J connectivity index is 1.76. The van der Waals surface area contributed by atoms with Crippen LogP contribution < -0.4 is 10.2 Å². The minimum atomic E-state index is -0.354. The van der Waals surface area contributed by atoms with Crippen LogP contribution in [0.4, 0.5) is 11.4 Å². The molecule has 0 aromatic heterocycles. The van der Waals surface area contributed by atoms with E-state index < -0.39 is 0 Å². The molecule has 1 heterocycles. The van der Waals surface area contributed by atoms with E-state index in [9.17, 15) is 9.59 Å². The number of halogens is 1. The number of amides is 2. The molecule has 0 bridgehead atoms. The van der Waals surface area contributed by atoms with Crippen LogP contribution in [-0.2, 0) is 22.4 Å². The van der Waals surface area contributed by atoms with Crippen molar-refractivity contribution in [3.63, 3.8) is 0 Å². The lowest BCUT2D eigenvalue weighted by Gasteiger charge is -2.18. The second kappa shape index (κ2) is 7.92. The zero-order valence-corrected chi connectivity index (χ0v) is 15.8. The van der Waals surface area contributed by atoms with Crippen molar-refractivity contribution in [2.24, 2.45) is 5.92 Å². The van der Waals surface area contributed by atoms with Crippen LogP contribution in [0.1, 0.15) is 31.4 Å². The summed E-state index contributed by atoms with van der Waals surface area (Å²) in [5.41, 5.74) is 3.92. The van der Waals surface area contributed by atoms with Crippen molar-refractivity contribution in [1.29, 1.82) is 0 Å². The van der Waals surface area contributed by atoms with Gasteiger partial charge in [-0.15, -0.1) is 0 Å². The number of anilines is 2. The van der Waals surface area contributed by atoms with Gasteiger partial charge in [0, 0.05) is 29.4 Å². The number of para-hydroxylation sites is 1. The third kappa shape index (κ3) is 3.75. The van der Waals surface area contributed by atoms with Gasteiger partial charge in [0.15, 0.2) is 0 Å². The third-order valence-electron chi connectivity index (χ3n) is 4.88. The van der Waals surface area contributed by atoms with E-state index in [2.05, 4.69) is 19.2 Å². The van der Waals surface area contributed by atoms with Crippen molar-refractivity contribution in [2.45, 2.75) is 33.1 Å². The largest absolute Gasteiger partial charge is 0.325 e. The van der Waals surface area contributed by atoms with E-state index in [1.165, 1.54) is 0 Å². The lowest BCUT2D eigenvalue weighted by Crippen LogP contribution is -2.28. The maximum absolute atomic E-state index is 12.8. The topological polar surface area (TPSA) is 49.4 Å². The van der Waals surface area contributed by atoms with Crippen molar-refractivity contribution >= 4 is 34.8 Å². The highest BCUT2D eigenvalue weighted by molar-refractivity contribution is 6.30. The van der Waals surface area contributed by atoms with E-state index in [4.69, 9.17) is 11.6 Å². The van der Waals surface area contributed by atoms with E-state index in [-0.39, 0.29) is 24.2 Å². The molecule has 1 N–H and O–H groups in total. The second-order valence-corrected chi connectivity index (χ2v) is 6.97. The standard InChI is InChI=1S/C21H23ClN2O2/c1-3-14-6-5-7-15(4-2)20(14)23-21(26)16-12-19(25)24(13-16)18-10-8-17(22)9-11-18/h5-11,16H,3-4,12-13H2,1-2H3,(H,23,26)/t16-/m0/s1. The van der Waals surface area contributed by atoms with E-state index in [1.807, 2.05) is 30.3 Å². The molecule has 5 heteroatoms. The van der Waals surface area contributed by atoms with Crippen LogP contribution in [0.25, 0.3) is 0 Å². The molecule has 1 atom stereocenters. The van der Waals surface area contributed by atoms with Gasteiger partial charge >= 0.3 is 0 Å². The number of carbonyl (C=O) groups is 2. The predicted octanol–water partition coefficient (Wildman–Crippen LogP) is 4.46. The van der Waals surface area contributed by atoms with Crippen molar-refractivity contribution in [1.82, 2.24) is 0 Å². The molecule has 0 saturated carbocycles. The normalized spacial score (nSPS) is 16.8. The van der Waals surface area contributed by atoms with Crippen molar-refractivity contribution in [3.8, 4) is 0 Å². The number of benzene rings is 2. The molecule has 1 aliphatic rings. The Kier molecular flexibility index (Phi) is 5.62. The second-order valence-electron chi connectivity index (χ2n) is 6.53. The molecule has 1 saturated heterocycles. The predicted molar refractivity (Wildman–Crippen MR) is 106 cm³/mol. The van der Waals surface area contributed by atoms with Gasteiger partial charge in [-0.25, -0.2) is 0 Å². The first-order valence-corrected chi connectivity index (χ1v) is 9.38. The van der Waals surface area contributed by atoms with Gasteiger partial charge < -0.3 is 10.2 Å². The summed E-state index contributed by atoms with van der Waals surface area (Å²) in [5, 5.41) is 3.71. The quantitative estimate of drug-likeness (QED) is 0.844. The summed E-state index contributed by atoms with van der Waals surface area (Å²) in [5.74, 6) is -0.481. The molecule has 0 spiro atoms. The summed E-state index contributed by atoms with van der Waals surface area (Å²) in [4.78, 5) is 26.9. The molecular formula is C21H23ClN2O2. The fourth-order valence-electron chi connectivity index (χ4n) is 3.38. The minimum absolute atomic E-state index is 0.0352. The summed E-state index contributed by atoms with van der Waals surface area (Å²) in [6, 6.07) is 13.2. The Morgan fingerprint density at radius 1 is 1.12 bits per heavy atom. The molecule has 4 nitrogen and oxygen atoms in total. The van der Waals surface area contributed by atoms with Gasteiger partial charge in [-0.1, -0.05) is 43.6 Å². The molecule has 1 fully saturated rings. The van der Waals surface area contributed by atoms with Crippen molar-refractivity contribution in [2.75, 3.05) is 16.8 Å². The van der Waals surface area contributed by atoms with Gasteiger partial charge in [0.2, 0.25) is 11.8 Å². The van der Waals surface area contributed by atoms with Crippen LogP contribution in [0.5, 0.6) is 0 Å². The molecule has 2 aromatic rings. The number of nitrogens with one attached hydrogen (secondary N) is 1. The molecular weight excluding hydrogens is 348 g/mol. The highest BCUT2D eigenvalue weighted by Crippen LogP contribution is 2.29. The van der Waals surface area contributed by atoms with Crippen LogP contribution in [-0.4, -0.2) is 18.4 Å². The molecule has 0 unspecified atom stereocenters. The first-order chi connectivity index (χ1) is 12.5.